The van der Waals surface area contributed by atoms with Crippen molar-refractivity contribution >= 4 is 40.1 Å². The van der Waals surface area contributed by atoms with E-state index in [1.165, 1.54) is 11.8 Å². The van der Waals surface area contributed by atoms with Crippen molar-refractivity contribution in [3.63, 3.8) is 0 Å². The van der Waals surface area contributed by atoms with Crippen LogP contribution in [0.2, 0.25) is 5.02 Å². The Kier molecular flexibility index (Phi) is 5.24. The zero-order chi connectivity index (χ0) is 21.2. The van der Waals surface area contributed by atoms with Crippen molar-refractivity contribution in [2.45, 2.75) is 9.92 Å². The maximum atomic E-state index is 6.56. The molecule has 2 N–H and O–H groups in total. The minimum absolute atomic E-state index is 0.366. The summed E-state index contributed by atoms with van der Waals surface area (Å²) in [5, 5.41) is 2.11. The summed E-state index contributed by atoms with van der Waals surface area (Å²) in [7, 11) is 0. The molecule has 0 atom stereocenters. The maximum Gasteiger partial charge on any atom is 0.157 e. The van der Waals surface area contributed by atoms with Crippen molar-refractivity contribution in [2.24, 2.45) is 0 Å². The lowest BCUT2D eigenvalue weighted by Gasteiger charge is -2.14. The lowest BCUT2D eigenvalue weighted by Crippen LogP contribution is -2.02. The zero-order valence-corrected chi connectivity index (χ0v) is 17.8. The van der Waals surface area contributed by atoms with Gasteiger partial charge in [-0.05, 0) is 30.3 Å². The van der Waals surface area contributed by atoms with Crippen molar-refractivity contribution in [3.8, 4) is 22.5 Å². The van der Waals surface area contributed by atoms with Crippen LogP contribution in [0.15, 0.2) is 95.2 Å². The van der Waals surface area contributed by atoms with E-state index in [0.29, 0.717) is 27.3 Å². The number of fused-ring (bicyclic) bond motifs is 1. The minimum atomic E-state index is 0.366. The highest BCUT2D eigenvalue weighted by molar-refractivity contribution is 7.99. The van der Waals surface area contributed by atoms with Gasteiger partial charge in [0.15, 0.2) is 5.82 Å². The van der Waals surface area contributed by atoms with Crippen LogP contribution in [0.5, 0.6) is 0 Å². The number of nitrogens with zero attached hydrogens (tertiary/aromatic N) is 4. The van der Waals surface area contributed by atoms with Crippen molar-refractivity contribution in [2.75, 3.05) is 5.73 Å². The minimum Gasteiger partial charge on any atom is -0.381 e. The second kappa shape index (κ2) is 8.34. The lowest BCUT2D eigenvalue weighted by atomic mass is 10.0. The van der Waals surface area contributed by atoms with Crippen LogP contribution in [0.3, 0.4) is 0 Å². The molecule has 0 fully saturated rings. The number of halogens is 1. The Morgan fingerprint density at radius 1 is 0.806 bits per heavy atom. The highest BCUT2D eigenvalue weighted by atomic mass is 35.5. The summed E-state index contributed by atoms with van der Waals surface area (Å²) in [6, 6.07) is 21.5. The molecule has 0 saturated carbocycles. The number of pyridine rings is 2. The molecule has 0 spiro atoms. The van der Waals surface area contributed by atoms with Crippen molar-refractivity contribution < 1.29 is 0 Å². The predicted octanol–water partition coefficient (Wildman–Crippen LogP) is 6.14. The van der Waals surface area contributed by atoms with E-state index in [4.69, 9.17) is 27.3 Å². The van der Waals surface area contributed by atoms with Crippen molar-refractivity contribution in [1.82, 2.24) is 19.9 Å². The van der Waals surface area contributed by atoms with Gasteiger partial charge in [0, 0.05) is 40.0 Å². The molecule has 0 amide bonds. The Morgan fingerprint density at radius 3 is 2.42 bits per heavy atom. The average Bonchev–Trinajstić information content (AvgIpc) is 2.81. The first-order chi connectivity index (χ1) is 15.2. The fourth-order valence-corrected chi connectivity index (χ4v) is 4.36. The molecule has 31 heavy (non-hydrogen) atoms. The van der Waals surface area contributed by atoms with Crippen LogP contribution in [0.1, 0.15) is 0 Å². The van der Waals surface area contributed by atoms with Crippen molar-refractivity contribution in [3.05, 3.63) is 90.3 Å². The van der Waals surface area contributed by atoms with Gasteiger partial charge in [-0.1, -0.05) is 59.8 Å². The van der Waals surface area contributed by atoms with Crippen LogP contribution in [0.4, 0.5) is 5.82 Å². The van der Waals surface area contributed by atoms with Crippen LogP contribution < -0.4 is 5.73 Å². The summed E-state index contributed by atoms with van der Waals surface area (Å²) in [5.74, 6) is 0.366. The lowest BCUT2D eigenvalue weighted by molar-refractivity contribution is 1.08. The van der Waals surface area contributed by atoms with Gasteiger partial charge in [-0.2, -0.15) is 0 Å². The topological polar surface area (TPSA) is 77.6 Å². The maximum absolute atomic E-state index is 6.56. The Hall–Kier alpha value is -3.48. The Balaban J connectivity index is 1.72. The highest BCUT2D eigenvalue weighted by Crippen LogP contribution is 2.38. The third kappa shape index (κ3) is 3.95. The number of anilines is 1. The number of benzene rings is 2. The van der Waals surface area contributed by atoms with E-state index in [1.807, 2.05) is 66.7 Å². The molecular weight excluding hydrogens is 426 g/mol. The number of aromatic nitrogens is 4. The largest absolute Gasteiger partial charge is 0.381 e. The SMILES string of the molecule is Nc1nc(-c2ccccc2)c(-c2cc(Cl)c3ncccc3c2)nc1Sc1cccnc1. The molecule has 3 aromatic heterocycles. The van der Waals surface area contributed by atoms with Gasteiger partial charge in [-0.15, -0.1) is 0 Å². The summed E-state index contributed by atoms with van der Waals surface area (Å²) in [6.45, 7) is 0. The second-order valence-electron chi connectivity index (χ2n) is 6.80. The average molecular weight is 442 g/mol. The first kappa shape index (κ1) is 19.5. The summed E-state index contributed by atoms with van der Waals surface area (Å²) in [4.78, 5) is 19.2. The first-order valence-electron chi connectivity index (χ1n) is 9.54. The molecule has 0 aliphatic carbocycles. The van der Waals surface area contributed by atoms with Crippen LogP contribution in [-0.2, 0) is 0 Å². The number of hydrogen-bond acceptors (Lipinski definition) is 6. The third-order valence-electron chi connectivity index (χ3n) is 4.72. The monoisotopic (exact) mass is 441 g/mol. The molecule has 0 aliphatic rings. The zero-order valence-electron chi connectivity index (χ0n) is 16.2. The summed E-state index contributed by atoms with van der Waals surface area (Å²) >= 11 is 7.99. The van der Waals surface area contributed by atoms with E-state index in [2.05, 4.69) is 9.97 Å². The Bertz CT molecular complexity index is 1380. The number of nitrogen functional groups attached to an aromatic ring is 1. The molecule has 0 bridgehead atoms. The van der Waals surface area contributed by atoms with Crippen LogP contribution >= 0.6 is 23.4 Å². The molecule has 7 heteroatoms. The second-order valence-corrected chi connectivity index (χ2v) is 8.27. The molecule has 150 valence electrons. The number of hydrogen-bond donors (Lipinski definition) is 1. The van der Waals surface area contributed by atoms with Crippen LogP contribution in [-0.4, -0.2) is 19.9 Å². The molecule has 2 aromatic carbocycles. The summed E-state index contributed by atoms with van der Waals surface area (Å²) in [6.07, 6.45) is 5.23. The highest BCUT2D eigenvalue weighted by Gasteiger charge is 2.18. The molecule has 0 unspecified atom stereocenters. The molecular formula is C24H16ClN5S. The number of rotatable bonds is 4. The van der Waals surface area contributed by atoms with Gasteiger partial charge in [0.1, 0.15) is 5.03 Å². The third-order valence-corrected chi connectivity index (χ3v) is 5.98. The van der Waals surface area contributed by atoms with Gasteiger partial charge in [-0.25, -0.2) is 9.97 Å². The Labute approximate surface area is 188 Å². The van der Waals surface area contributed by atoms with Crippen LogP contribution in [0, 0.1) is 0 Å². The van der Waals surface area contributed by atoms with Gasteiger partial charge >= 0.3 is 0 Å². The quantitative estimate of drug-likeness (QED) is 0.361. The van der Waals surface area contributed by atoms with Gasteiger partial charge in [-0.3, -0.25) is 9.97 Å². The predicted molar refractivity (Wildman–Crippen MR) is 126 cm³/mol. The molecule has 0 radical (unpaired) electrons. The van der Waals surface area contributed by atoms with E-state index >= 15 is 0 Å². The van der Waals surface area contributed by atoms with E-state index in [0.717, 1.165) is 26.9 Å². The van der Waals surface area contributed by atoms with E-state index in [-0.39, 0.29) is 0 Å². The molecule has 0 saturated heterocycles. The first-order valence-corrected chi connectivity index (χ1v) is 10.7. The normalized spacial score (nSPS) is 11.0. The van der Waals surface area contributed by atoms with E-state index in [1.54, 1.807) is 18.6 Å². The molecule has 3 heterocycles. The molecule has 5 aromatic rings. The summed E-state index contributed by atoms with van der Waals surface area (Å²) < 4.78 is 0. The molecule has 5 nitrogen and oxygen atoms in total. The molecule has 5 rings (SSSR count). The smallest absolute Gasteiger partial charge is 0.157 e. The summed E-state index contributed by atoms with van der Waals surface area (Å²) in [5.41, 5.74) is 10.3. The van der Waals surface area contributed by atoms with Gasteiger partial charge < -0.3 is 5.73 Å². The van der Waals surface area contributed by atoms with Gasteiger partial charge in [0.25, 0.3) is 0 Å². The Morgan fingerprint density at radius 2 is 1.61 bits per heavy atom. The van der Waals surface area contributed by atoms with Crippen LogP contribution in [0.25, 0.3) is 33.4 Å². The number of nitrogens with two attached hydrogens (primary N) is 1. The van der Waals surface area contributed by atoms with Gasteiger partial charge in [0.2, 0.25) is 0 Å². The van der Waals surface area contributed by atoms with E-state index < -0.39 is 0 Å². The fourth-order valence-electron chi connectivity index (χ4n) is 3.31. The fraction of sp³-hybridized carbons (Fsp3) is 0. The standard InChI is InChI=1S/C24H16ClN5S/c25-19-13-17(12-16-8-4-11-28-20(16)19)22-21(15-6-2-1-3-7-15)29-23(26)24(30-22)31-18-9-5-10-27-14-18/h1-14H,(H2,26,29). The van der Waals surface area contributed by atoms with Gasteiger partial charge in [0.05, 0.1) is 21.9 Å². The van der Waals surface area contributed by atoms with E-state index in [9.17, 15) is 0 Å². The van der Waals surface area contributed by atoms with Crippen molar-refractivity contribution in [1.29, 1.82) is 0 Å². The molecule has 0 aliphatic heterocycles.